The van der Waals surface area contributed by atoms with Gasteiger partial charge >= 0.3 is 0 Å². The largest absolute Gasteiger partial charge is 0.477 e. The highest BCUT2D eigenvalue weighted by Crippen LogP contribution is 2.24. The van der Waals surface area contributed by atoms with Gasteiger partial charge in [-0.2, -0.15) is 13.8 Å². The van der Waals surface area contributed by atoms with Crippen molar-refractivity contribution in [2.24, 2.45) is 0 Å². The number of ether oxygens (including phenoxy) is 3. The molecule has 1 unspecified atom stereocenters. The van der Waals surface area contributed by atoms with Gasteiger partial charge in [0, 0.05) is 38.8 Å². The second-order valence-electron chi connectivity index (χ2n) is 7.75. The topological polar surface area (TPSA) is 112 Å². The summed E-state index contributed by atoms with van der Waals surface area (Å²) in [5, 5.41) is 5.47. The maximum atomic E-state index is 13.5. The third-order valence-corrected chi connectivity index (χ3v) is 4.65. The van der Waals surface area contributed by atoms with Crippen LogP contribution in [0.25, 0.3) is 0 Å². The van der Waals surface area contributed by atoms with Gasteiger partial charge < -0.3 is 24.8 Å². The van der Waals surface area contributed by atoms with Crippen LogP contribution < -0.4 is 20.1 Å². The predicted molar refractivity (Wildman–Crippen MR) is 126 cm³/mol. The summed E-state index contributed by atoms with van der Waals surface area (Å²) in [5.41, 5.74) is 1.48. The molecule has 0 aliphatic carbocycles. The minimum Gasteiger partial charge on any atom is -0.477 e. The van der Waals surface area contributed by atoms with Crippen molar-refractivity contribution < 1.29 is 32.6 Å². The lowest BCUT2D eigenvalue weighted by molar-refractivity contribution is -0.114. The second-order valence-corrected chi connectivity index (χ2v) is 7.75. The highest BCUT2D eigenvalue weighted by atomic mass is 19.3. The maximum Gasteiger partial charge on any atom is 0.299 e. The number of methoxy groups -OCH3 is 1. The number of carbonyl (C=O) groups excluding carboxylic acids is 2. The Kier molecular flexibility index (Phi) is 10.1. The smallest absolute Gasteiger partial charge is 0.299 e. The molecule has 11 heteroatoms. The van der Waals surface area contributed by atoms with E-state index >= 15 is 0 Å². The van der Waals surface area contributed by atoms with E-state index in [-0.39, 0.29) is 29.8 Å². The molecule has 0 radical (unpaired) electrons. The molecule has 2 aromatic heterocycles. The number of alkyl halides is 2. The SMILES string of the molecule is C=CC(F)(F)COc1ccc(C(=O)NC(C)c2cc(C)nc(NC(C)=O)c2)c(OCCCOC)n1. The van der Waals surface area contributed by atoms with E-state index in [4.69, 9.17) is 14.2 Å². The van der Waals surface area contributed by atoms with Gasteiger partial charge in [0.25, 0.3) is 11.8 Å². The summed E-state index contributed by atoms with van der Waals surface area (Å²) >= 11 is 0. The summed E-state index contributed by atoms with van der Waals surface area (Å²) in [4.78, 5) is 32.8. The minimum atomic E-state index is -3.23. The summed E-state index contributed by atoms with van der Waals surface area (Å²) in [6.07, 6.45) is 1.01. The summed E-state index contributed by atoms with van der Waals surface area (Å²) in [7, 11) is 1.55. The third-order valence-electron chi connectivity index (χ3n) is 4.65. The number of pyridine rings is 2. The van der Waals surface area contributed by atoms with E-state index in [1.54, 1.807) is 33.1 Å². The van der Waals surface area contributed by atoms with Crippen LogP contribution in [0.2, 0.25) is 0 Å². The van der Waals surface area contributed by atoms with Crippen LogP contribution in [-0.4, -0.2) is 54.6 Å². The molecule has 9 nitrogen and oxygen atoms in total. The number of hydrogen-bond donors (Lipinski definition) is 2. The lowest BCUT2D eigenvalue weighted by Gasteiger charge is -2.18. The predicted octanol–water partition coefficient (Wildman–Crippen LogP) is 3.85. The fourth-order valence-electron chi connectivity index (χ4n) is 2.94. The number of hydrogen-bond acceptors (Lipinski definition) is 7. The molecule has 0 fully saturated rings. The number of anilines is 1. The van der Waals surface area contributed by atoms with Gasteiger partial charge in [0.05, 0.1) is 12.6 Å². The van der Waals surface area contributed by atoms with Crippen LogP contribution in [0.5, 0.6) is 11.8 Å². The number of nitrogens with one attached hydrogen (secondary N) is 2. The summed E-state index contributed by atoms with van der Waals surface area (Å²) < 4.78 is 42.6. The molecule has 2 N–H and O–H groups in total. The maximum absolute atomic E-state index is 13.5. The third kappa shape index (κ3) is 8.93. The van der Waals surface area contributed by atoms with Crippen LogP contribution >= 0.6 is 0 Å². The van der Waals surface area contributed by atoms with Gasteiger partial charge in [0.2, 0.25) is 17.7 Å². The van der Waals surface area contributed by atoms with E-state index in [9.17, 15) is 18.4 Å². The average molecular weight is 493 g/mol. The highest BCUT2D eigenvalue weighted by molar-refractivity contribution is 5.96. The van der Waals surface area contributed by atoms with Crippen molar-refractivity contribution in [3.8, 4) is 11.8 Å². The first-order valence-electron chi connectivity index (χ1n) is 10.9. The monoisotopic (exact) mass is 492 g/mol. The molecular formula is C24H30F2N4O5. The normalized spacial score (nSPS) is 11.9. The van der Waals surface area contributed by atoms with Gasteiger partial charge in [0.1, 0.15) is 11.4 Å². The van der Waals surface area contributed by atoms with Crippen molar-refractivity contribution in [1.29, 1.82) is 0 Å². The number of amides is 2. The quantitative estimate of drug-likeness (QED) is 0.323. The van der Waals surface area contributed by atoms with Gasteiger partial charge in [-0.3, -0.25) is 9.59 Å². The van der Waals surface area contributed by atoms with E-state index in [1.807, 2.05) is 0 Å². The first-order valence-corrected chi connectivity index (χ1v) is 10.9. The van der Waals surface area contributed by atoms with Crippen molar-refractivity contribution in [2.75, 3.05) is 32.2 Å². The molecule has 2 heterocycles. The van der Waals surface area contributed by atoms with Crippen LogP contribution in [0, 0.1) is 6.92 Å². The van der Waals surface area contributed by atoms with Crippen LogP contribution in [0.4, 0.5) is 14.6 Å². The van der Waals surface area contributed by atoms with Crippen molar-refractivity contribution >= 4 is 17.6 Å². The molecule has 0 bridgehead atoms. The molecule has 0 saturated heterocycles. The number of aromatic nitrogens is 2. The molecule has 0 aromatic carbocycles. The number of halogens is 2. The zero-order chi connectivity index (χ0) is 26.0. The van der Waals surface area contributed by atoms with E-state index in [0.29, 0.717) is 30.6 Å². The van der Waals surface area contributed by atoms with Gasteiger partial charge in [-0.1, -0.05) is 6.58 Å². The number of carbonyl (C=O) groups is 2. The molecule has 2 amide bonds. The number of aryl methyl sites for hydroxylation is 1. The zero-order valence-corrected chi connectivity index (χ0v) is 20.2. The fourth-order valence-corrected chi connectivity index (χ4v) is 2.94. The number of nitrogens with zero attached hydrogens (tertiary/aromatic N) is 2. The summed E-state index contributed by atoms with van der Waals surface area (Å²) in [6, 6.07) is 5.69. The van der Waals surface area contributed by atoms with Crippen LogP contribution in [0.3, 0.4) is 0 Å². The van der Waals surface area contributed by atoms with Gasteiger partial charge in [0.15, 0.2) is 6.61 Å². The molecule has 0 aliphatic rings. The van der Waals surface area contributed by atoms with E-state index in [0.717, 1.165) is 5.56 Å². The van der Waals surface area contributed by atoms with Crippen molar-refractivity contribution in [3.63, 3.8) is 0 Å². The molecule has 0 spiro atoms. The van der Waals surface area contributed by atoms with Crippen LogP contribution in [-0.2, 0) is 9.53 Å². The Morgan fingerprint density at radius 1 is 1.20 bits per heavy atom. The summed E-state index contributed by atoms with van der Waals surface area (Å²) in [5.74, 6) is -3.80. The molecule has 2 aromatic rings. The first kappa shape index (κ1) is 27.6. The van der Waals surface area contributed by atoms with Crippen LogP contribution in [0.15, 0.2) is 36.9 Å². The Morgan fingerprint density at radius 3 is 2.60 bits per heavy atom. The van der Waals surface area contributed by atoms with Crippen LogP contribution in [0.1, 0.15) is 47.9 Å². The van der Waals surface area contributed by atoms with Gasteiger partial charge in [-0.05, 0) is 43.7 Å². The Hall–Kier alpha value is -3.60. The first-order chi connectivity index (χ1) is 16.5. The fraction of sp³-hybridized carbons (Fsp3) is 0.417. The Bertz CT molecular complexity index is 1050. The second kappa shape index (κ2) is 12.7. The molecule has 0 saturated carbocycles. The lowest BCUT2D eigenvalue weighted by Crippen LogP contribution is -2.28. The summed E-state index contributed by atoms with van der Waals surface area (Å²) in [6.45, 7) is 7.65. The minimum absolute atomic E-state index is 0.0601. The Balaban J connectivity index is 2.22. The van der Waals surface area contributed by atoms with Gasteiger partial charge in [-0.25, -0.2) is 4.98 Å². The highest BCUT2D eigenvalue weighted by Gasteiger charge is 2.26. The molecule has 1 atom stereocenters. The standard InChI is InChI=1S/C24H30F2N4O5/c1-6-24(25,26)14-35-21-9-8-19(23(30-21)34-11-7-10-33-5)22(32)28-16(3)18-12-15(2)27-20(13-18)29-17(4)31/h6,8-9,12-13,16H,1,7,10-11,14H2,2-5H3,(H,28,32)(H,27,29,31). The molecule has 0 aliphatic heterocycles. The lowest BCUT2D eigenvalue weighted by atomic mass is 10.1. The van der Waals surface area contributed by atoms with E-state index in [1.165, 1.54) is 19.1 Å². The Morgan fingerprint density at radius 2 is 1.94 bits per heavy atom. The molecule has 2 rings (SSSR count). The number of rotatable bonds is 13. The molecule has 190 valence electrons. The molecule has 35 heavy (non-hydrogen) atoms. The van der Waals surface area contributed by atoms with E-state index in [2.05, 4.69) is 27.2 Å². The van der Waals surface area contributed by atoms with E-state index < -0.39 is 24.5 Å². The van der Waals surface area contributed by atoms with Gasteiger partial charge in [-0.15, -0.1) is 0 Å². The zero-order valence-electron chi connectivity index (χ0n) is 20.2. The Labute approximate surface area is 202 Å². The average Bonchev–Trinajstić information content (AvgIpc) is 2.79. The molecular weight excluding hydrogens is 462 g/mol. The van der Waals surface area contributed by atoms with Crippen molar-refractivity contribution in [2.45, 2.75) is 39.2 Å². The van der Waals surface area contributed by atoms with Crippen molar-refractivity contribution in [1.82, 2.24) is 15.3 Å². The van der Waals surface area contributed by atoms with Crippen molar-refractivity contribution in [3.05, 3.63) is 53.7 Å².